The van der Waals surface area contributed by atoms with E-state index in [9.17, 15) is 9.59 Å². The van der Waals surface area contributed by atoms with Crippen LogP contribution in [0, 0.1) is 25.7 Å². The van der Waals surface area contributed by atoms with Gasteiger partial charge in [-0.05, 0) is 63.0 Å². The predicted octanol–water partition coefficient (Wildman–Crippen LogP) is 5.80. The van der Waals surface area contributed by atoms with Crippen molar-refractivity contribution >= 4 is 17.8 Å². The van der Waals surface area contributed by atoms with Crippen LogP contribution in [0.2, 0.25) is 0 Å². The summed E-state index contributed by atoms with van der Waals surface area (Å²) in [5, 5.41) is 3.14. The van der Waals surface area contributed by atoms with Gasteiger partial charge in [-0.2, -0.15) is 0 Å². The maximum absolute atomic E-state index is 12.0. The van der Waals surface area contributed by atoms with E-state index in [2.05, 4.69) is 35.4 Å². The van der Waals surface area contributed by atoms with Crippen LogP contribution in [0.15, 0.2) is 36.4 Å². The van der Waals surface area contributed by atoms with Crippen molar-refractivity contribution in [2.75, 3.05) is 7.05 Å². The summed E-state index contributed by atoms with van der Waals surface area (Å²) in [5.74, 6) is 2.03. The maximum atomic E-state index is 12.0. The van der Waals surface area contributed by atoms with Crippen LogP contribution < -0.4 is 11.1 Å². The van der Waals surface area contributed by atoms with E-state index >= 15 is 0 Å². The van der Waals surface area contributed by atoms with Gasteiger partial charge in [0.15, 0.2) is 5.96 Å². The first kappa shape index (κ1) is 30.4. The van der Waals surface area contributed by atoms with Crippen molar-refractivity contribution < 1.29 is 9.59 Å². The fourth-order valence-electron chi connectivity index (χ4n) is 5.31. The van der Waals surface area contributed by atoms with Gasteiger partial charge in [0.25, 0.3) is 11.8 Å². The average molecular weight is 512 g/mol. The van der Waals surface area contributed by atoms with Crippen LogP contribution in [0.5, 0.6) is 0 Å². The van der Waals surface area contributed by atoms with Crippen molar-refractivity contribution in [2.45, 2.75) is 103 Å². The van der Waals surface area contributed by atoms with Gasteiger partial charge < -0.3 is 16.0 Å². The number of hydrogen-bond donors (Lipinski definition) is 3. The van der Waals surface area contributed by atoms with Gasteiger partial charge in [0.2, 0.25) is 0 Å². The third-order valence-electron chi connectivity index (χ3n) is 7.78. The fourth-order valence-corrected chi connectivity index (χ4v) is 5.31. The Balaban J connectivity index is 0.000000228. The molecule has 1 aliphatic heterocycles. The Kier molecular flexibility index (Phi) is 12.7. The fraction of sp³-hybridized carbons (Fsp3) is 0.633. The minimum atomic E-state index is -0.202. The van der Waals surface area contributed by atoms with Gasteiger partial charge in [-0.3, -0.25) is 14.5 Å². The minimum absolute atomic E-state index is 0.0419. The number of guanidine groups is 1. The molecule has 3 unspecified atom stereocenters. The second kappa shape index (κ2) is 15.4. The van der Waals surface area contributed by atoms with Gasteiger partial charge in [0.1, 0.15) is 11.7 Å². The van der Waals surface area contributed by atoms with Crippen LogP contribution in [0.25, 0.3) is 0 Å². The molecule has 2 amide bonds. The summed E-state index contributed by atoms with van der Waals surface area (Å²) in [6, 6.07) is 2.08. The molecule has 7 nitrogen and oxygen atoms in total. The van der Waals surface area contributed by atoms with Crippen molar-refractivity contribution in [3.63, 3.8) is 0 Å². The lowest BCUT2D eigenvalue weighted by molar-refractivity contribution is -0.126. The number of nitrogens with one attached hydrogen (secondary N) is 2. The molecule has 0 aromatic carbocycles. The van der Waals surface area contributed by atoms with Crippen molar-refractivity contribution in [1.29, 1.82) is 0 Å². The van der Waals surface area contributed by atoms with Crippen LogP contribution in [-0.4, -0.2) is 46.8 Å². The second-order valence-electron chi connectivity index (χ2n) is 10.9. The highest BCUT2D eigenvalue weighted by Crippen LogP contribution is 2.29. The zero-order chi connectivity index (χ0) is 27.4. The Morgan fingerprint density at radius 3 is 2.32 bits per heavy atom. The van der Waals surface area contributed by atoms with Gasteiger partial charge in [0.05, 0.1) is 0 Å². The number of nitrogens with zero attached hydrogens (tertiary/aromatic N) is 2. The predicted molar refractivity (Wildman–Crippen MR) is 154 cm³/mol. The summed E-state index contributed by atoms with van der Waals surface area (Å²) in [6.45, 7) is 13.0. The third-order valence-corrected chi connectivity index (χ3v) is 7.78. The number of carbonyl (C=O) groups is 2. The molecule has 4 N–H and O–H groups in total. The van der Waals surface area contributed by atoms with Gasteiger partial charge in [-0.15, -0.1) is 0 Å². The molecule has 0 bridgehead atoms. The quantitative estimate of drug-likeness (QED) is 0.420. The standard InChI is InChI=1S/C14H22N2O.C12H21N3O.C4H6/c1-9-5-4-6-12(7-9)16-14(17)13-8-10(2)11(3)15-13;1-15-11(16)10(14-12(15)13)8-7-9-5-3-2-4-6-9;1-3-4-2/h8-9,12,15H,4-7H2,1-3H3,(H,16,17);9-10H,2-8H2,1H3,(H2,13,14);3-4H,1-2H2. The number of likely N-dealkylation sites (N-methyl/N-ethyl adjacent to an activating group) is 1. The summed E-state index contributed by atoms with van der Waals surface area (Å²) in [7, 11) is 1.70. The first-order valence-electron chi connectivity index (χ1n) is 14.0. The molecule has 1 aromatic rings. The van der Waals surface area contributed by atoms with Crippen LogP contribution in [0.1, 0.15) is 99.3 Å². The average Bonchev–Trinajstić information content (AvgIpc) is 3.36. The van der Waals surface area contributed by atoms with E-state index in [0.29, 0.717) is 17.7 Å². The van der Waals surface area contributed by atoms with E-state index < -0.39 is 0 Å². The Hall–Kier alpha value is -2.83. The smallest absolute Gasteiger partial charge is 0.267 e. The first-order chi connectivity index (χ1) is 17.7. The van der Waals surface area contributed by atoms with Gasteiger partial charge in [0, 0.05) is 18.8 Å². The zero-order valence-corrected chi connectivity index (χ0v) is 23.5. The first-order valence-corrected chi connectivity index (χ1v) is 14.0. The minimum Gasteiger partial charge on any atom is -0.369 e. The highest BCUT2D eigenvalue weighted by molar-refractivity contribution is 6.03. The number of aliphatic imine (C=N–C) groups is 1. The molecule has 2 aliphatic carbocycles. The highest BCUT2D eigenvalue weighted by atomic mass is 16.2. The van der Waals surface area contributed by atoms with Crippen molar-refractivity contribution in [1.82, 2.24) is 15.2 Å². The Morgan fingerprint density at radius 2 is 1.81 bits per heavy atom. The molecule has 0 radical (unpaired) electrons. The largest absolute Gasteiger partial charge is 0.369 e. The van der Waals surface area contributed by atoms with Gasteiger partial charge in [-0.1, -0.05) is 77.2 Å². The molecule has 0 saturated heterocycles. The number of rotatable bonds is 6. The van der Waals surface area contributed by atoms with Crippen LogP contribution in [-0.2, 0) is 4.79 Å². The summed E-state index contributed by atoms with van der Waals surface area (Å²) in [4.78, 5) is 32.6. The number of amides is 2. The van der Waals surface area contributed by atoms with Crippen LogP contribution in [0.4, 0.5) is 0 Å². The van der Waals surface area contributed by atoms with Gasteiger partial charge >= 0.3 is 0 Å². The summed E-state index contributed by atoms with van der Waals surface area (Å²) in [5.41, 5.74) is 8.54. The molecule has 7 heteroatoms. The molecule has 2 fully saturated rings. The van der Waals surface area contributed by atoms with Crippen molar-refractivity contribution in [2.24, 2.45) is 22.6 Å². The van der Waals surface area contributed by atoms with E-state index in [0.717, 1.165) is 48.8 Å². The molecule has 206 valence electrons. The molecule has 2 heterocycles. The Labute approximate surface area is 224 Å². The molecule has 0 spiro atoms. The number of aromatic amines is 1. The SMILES string of the molecule is C=CC=C.CN1C(=O)C(CCC2CCCCC2)N=C1N.Cc1cc(C(=O)NC2CCCC(C)C2)[nH]c1C. The second-order valence-corrected chi connectivity index (χ2v) is 10.9. The molecule has 1 aromatic heterocycles. The molecular formula is C30H49N5O2. The molecule has 4 rings (SSSR count). The molecule has 37 heavy (non-hydrogen) atoms. The molecular weight excluding hydrogens is 462 g/mol. The van der Waals surface area contributed by atoms with E-state index in [1.165, 1.54) is 49.8 Å². The Bertz CT molecular complexity index is 903. The third kappa shape index (κ3) is 9.86. The zero-order valence-electron chi connectivity index (χ0n) is 23.5. The van der Waals surface area contributed by atoms with Crippen molar-refractivity contribution in [3.8, 4) is 0 Å². The van der Waals surface area contributed by atoms with Crippen molar-refractivity contribution in [3.05, 3.63) is 48.3 Å². The Morgan fingerprint density at radius 1 is 1.14 bits per heavy atom. The summed E-state index contributed by atoms with van der Waals surface area (Å²) < 4.78 is 0. The summed E-state index contributed by atoms with van der Waals surface area (Å²) >= 11 is 0. The van der Waals surface area contributed by atoms with E-state index in [-0.39, 0.29) is 17.9 Å². The van der Waals surface area contributed by atoms with Crippen LogP contribution in [0.3, 0.4) is 0 Å². The number of aromatic nitrogens is 1. The highest BCUT2D eigenvalue weighted by Gasteiger charge is 2.30. The van der Waals surface area contributed by atoms with E-state index in [4.69, 9.17) is 5.73 Å². The van der Waals surface area contributed by atoms with E-state index in [1.807, 2.05) is 19.9 Å². The topological polar surface area (TPSA) is 104 Å². The number of nitrogens with two attached hydrogens (primary N) is 1. The number of allylic oxidation sites excluding steroid dienone is 2. The monoisotopic (exact) mass is 511 g/mol. The lowest BCUT2D eigenvalue weighted by atomic mass is 9.85. The number of hydrogen-bond acceptors (Lipinski definition) is 4. The van der Waals surface area contributed by atoms with Crippen LogP contribution >= 0.6 is 0 Å². The number of aryl methyl sites for hydroxylation is 2. The number of carbonyl (C=O) groups excluding carboxylic acids is 2. The summed E-state index contributed by atoms with van der Waals surface area (Å²) in [6.07, 6.45) is 16.8. The number of H-pyrrole nitrogens is 1. The van der Waals surface area contributed by atoms with E-state index in [1.54, 1.807) is 19.2 Å². The molecule has 3 aliphatic rings. The lowest BCUT2D eigenvalue weighted by Crippen LogP contribution is -2.38. The maximum Gasteiger partial charge on any atom is 0.267 e. The van der Waals surface area contributed by atoms with Gasteiger partial charge in [-0.25, -0.2) is 4.99 Å². The molecule has 2 saturated carbocycles. The molecule has 3 atom stereocenters. The normalized spacial score (nSPS) is 23.7. The lowest BCUT2D eigenvalue weighted by Gasteiger charge is -2.27.